The van der Waals surface area contributed by atoms with Gasteiger partial charge >= 0.3 is 5.97 Å². The van der Waals surface area contributed by atoms with Gasteiger partial charge in [-0.1, -0.05) is 11.6 Å². The Morgan fingerprint density at radius 2 is 2.40 bits per heavy atom. The molecule has 0 aliphatic rings. The van der Waals surface area contributed by atoms with Crippen LogP contribution in [0.1, 0.15) is 10.5 Å². The van der Waals surface area contributed by atoms with Crippen LogP contribution in [-0.4, -0.2) is 21.0 Å². The van der Waals surface area contributed by atoms with Gasteiger partial charge in [0.25, 0.3) is 0 Å². The number of aromatic amines is 1. The number of imidazole rings is 1. The maximum absolute atomic E-state index is 10.6. The molecule has 0 saturated heterocycles. The van der Waals surface area contributed by atoms with Crippen molar-refractivity contribution in [2.24, 2.45) is 0 Å². The highest BCUT2D eigenvalue weighted by Crippen LogP contribution is 2.36. The van der Waals surface area contributed by atoms with Gasteiger partial charge in [-0.15, -0.1) is 11.3 Å². The van der Waals surface area contributed by atoms with Crippen LogP contribution in [0, 0.1) is 0 Å². The van der Waals surface area contributed by atoms with Crippen molar-refractivity contribution in [2.75, 3.05) is 0 Å². The fourth-order valence-corrected chi connectivity index (χ4v) is 2.67. The Kier molecular flexibility index (Phi) is 2.81. The monoisotopic (exact) mass is 306 g/mol. The first kappa shape index (κ1) is 10.7. The van der Waals surface area contributed by atoms with Gasteiger partial charge in [0.15, 0.2) is 0 Å². The van der Waals surface area contributed by atoms with E-state index in [0.29, 0.717) is 10.2 Å². The van der Waals surface area contributed by atoms with Crippen LogP contribution >= 0.6 is 38.9 Å². The number of carboxylic acids is 1. The topological polar surface area (TPSA) is 66.0 Å². The Morgan fingerprint density at radius 1 is 1.67 bits per heavy atom. The van der Waals surface area contributed by atoms with Gasteiger partial charge in [-0.25, -0.2) is 9.78 Å². The molecule has 0 aliphatic heterocycles. The molecule has 2 heterocycles. The molecule has 2 aromatic heterocycles. The van der Waals surface area contributed by atoms with E-state index in [-0.39, 0.29) is 5.69 Å². The number of H-pyrrole nitrogens is 1. The van der Waals surface area contributed by atoms with Gasteiger partial charge in [-0.3, -0.25) is 0 Å². The van der Waals surface area contributed by atoms with Crippen molar-refractivity contribution in [3.63, 3.8) is 0 Å². The molecule has 2 N–H and O–H groups in total. The molecule has 4 nitrogen and oxygen atoms in total. The summed E-state index contributed by atoms with van der Waals surface area (Å²) in [5, 5.41) is 8.70. The molecule has 0 atom stereocenters. The minimum Gasteiger partial charge on any atom is -0.477 e. The minimum atomic E-state index is -1.03. The molecular weight excluding hydrogens is 304 g/mol. The van der Waals surface area contributed by atoms with Gasteiger partial charge in [0.1, 0.15) is 15.9 Å². The zero-order chi connectivity index (χ0) is 11.0. The first-order chi connectivity index (χ1) is 7.08. The quantitative estimate of drug-likeness (QED) is 0.895. The number of halogens is 2. The number of carbonyl (C=O) groups is 1. The smallest absolute Gasteiger partial charge is 0.353 e. The average molecular weight is 308 g/mol. The number of aromatic carboxylic acids is 1. The van der Waals surface area contributed by atoms with E-state index in [0.717, 1.165) is 9.35 Å². The van der Waals surface area contributed by atoms with Crippen molar-refractivity contribution in [3.05, 3.63) is 26.8 Å². The highest BCUT2D eigenvalue weighted by atomic mass is 79.9. The predicted molar refractivity (Wildman–Crippen MR) is 61.6 cm³/mol. The molecule has 0 fully saturated rings. The summed E-state index contributed by atoms with van der Waals surface area (Å²) in [4.78, 5) is 18.1. The van der Waals surface area contributed by atoms with E-state index in [4.69, 9.17) is 16.7 Å². The Bertz CT molecular complexity index is 503. The summed E-state index contributed by atoms with van der Waals surface area (Å²) in [5.74, 6) is -0.527. The van der Waals surface area contributed by atoms with Crippen molar-refractivity contribution < 1.29 is 9.90 Å². The van der Waals surface area contributed by atoms with Crippen LogP contribution in [0.4, 0.5) is 0 Å². The minimum absolute atomic E-state index is 0.0608. The average Bonchev–Trinajstić information content (AvgIpc) is 2.74. The largest absolute Gasteiger partial charge is 0.477 e. The van der Waals surface area contributed by atoms with Gasteiger partial charge in [-0.2, -0.15) is 0 Å². The number of rotatable bonds is 2. The number of carboxylic acid groups (broad SMARTS) is 1. The van der Waals surface area contributed by atoms with Gasteiger partial charge < -0.3 is 10.1 Å². The van der Waals surface area contributed by atoms with Crippen molar-refractivity contribution in [1.82, 2.24) is 9.97 Å². The van der Waals surface area contributed by atoms with Gasteiger partial charge in [0.05, 0.1) is 11.1 Å². The maximum Gasteiger partial charge on any atom is 0.353 e. The van der Waals surface area contributed by atoms with Crippen LogP contribution < -0.4 is 0 Å². The standard InChI is InChI=1S/C8H4BrClN2O2S/c9-3-1-5(15-6(3)10)7-11-2-4(12-7)8(13)14/h1-2H,(H,11,12)(H,13,14). The molecule has 0 saturated carbocycles. The normalized spacial score (nSPS) is 10.5. The van der Waals surface area contributed by atoms with Crippen LogP contribution in [0.3, 0.4) is 0 Å². The van der Waals surface area contributed by atoms with Crippen LogP contribution in [-0.2, 0) is 0 Å². The third-order valence-corrected chi connectivity index (χ3v) is 4.17. The third kappa shape index (κ3) is 2.06. The molecule has 0 unspecified atom stereocenters. The lowest BCUT2D eigenvalue weighted by molar-refractivity contribution is 0.0691. The molecule has 0 spiro atoms. The van der Waals surface area contributed by atoms with Crippen molar-refractivity contribution >= 4 is 44.8 Å². The second-order valence-electron chi connectivity index (χ2n) is 2.68. The number of hydrogen-bond donors (Lipinski definition) is 2. The maximum atomic E-state index is 10.6. The number of aromatic nitrogens is 2. The second kappa shape index (κ2) is 3.96. The summed E-state index contributed by atoms with van der Waals surface area (Å²) in [5.41, 5.74) is 0.0608. The Balaban J connectivity index is 2.41. The molecule has 2 aromatic rings. The number of thiophene rings is 1. The van der Waals surface area contributed by atoms with Crippen LogP contribution in [0.25, 0.3) is 10.7 Å². The summed E-state index contributed by atoms with van der Waals surface area (Å²) in [6.07, 6.45) is 1.28. The molecule has 0 aromatic carbocycles. The van der Waals surface area contributed by atoms with E-state index >= 15 is 0 Å². The zero-order valence-corrected chi connectivity index (χ0v) is 10.3. The molecular formula is C8H4BrClN2O2S. The summed E-state index contributed by atoms with van der Waals surface area (Å²) < 4.78 is 1.38. The highest BCUT2D eigenvalue weighted by Gasteiger charge is 2.12. The van der Waals surface area contributed by atoms with Crippen molar-refractivity contribution in [2.45, 2.75) is 0 Å². The summed E-state index contributed by atoms with van der Waals surface area (Å²) in [7, 11) is 0. The molecule has 15 heavy (non-hydrogen) atoms. The van der Waals surface area contributed by atoms with E-state index in [1.807, 2.05) is 0 Å². The number of nitrogens with one attached hydrogen (secondary N) is 1. The van der Waals surface area contributed by atoms with Crippen molar-refractivity contribution in [3.8, 4) is 10.7 Å². The highest BCUT2D eigenvalue weighted by molar-refractivity contribution is 9.10. The third-order valence-electron chi connectivity index (χ3n) is 1.68. The molecule has 0 radical (unpaired) electrons. The summed E-state index contributed by atoms with van der Waals surface area (Å²) in [6, 6.07) is 1.79. The first-order valence-electron chi connectivity index (χ1n) is 3.81. The number of nitrogens with zero attached hydrogens (tertiary/aromatic N) is 1. The lowest BCUT2D eigenvalue weighted by Gasteiger charge is -1.88. The van der Waals surface area contributed by atoms with Gasteiger partial charge in [0, 0.05) is 4.47 Å². The van der Waals surface area contributed by atoms with Crippen LogP contribution in [0.2, 0.25) is 4.34 Å². The Morgan fingerprint density at radius 3 is 2.87 bits per heavy atom. The van der Waals surface area contributed by atoms with E-state index in [1.54, 1.807) is 6.07 Å². The summed E-state index contributed by atoms with van der Waals surface area (Å²) in [6.45, 7) is 0. The molecule has 0 bridgehead atoms. The fraction of sp³-hybridized carbons (Fsp3) is 0. The predicted octanol–water partition coefficient (Wildman–Crippen LogP) is 3.25. The van der Waals surface area contributed by atoms with E-state index < -0.39 is 5.97 Å². The SMILES string of the molecule is O=C(O)c1cnc(-c2cc(Br)c(Cl)s2)[nH]1. The molecule has 7 heteroatoms. The van der Waals surface area contributed by atoms with Gasteiger partial charge in [0.2, 0.25) is 0 Å². The summed E-state index contributed by atoms with van der Waals surface area (Å²) >= 11 is 10.5. The van der Waals surface area contributed by atoms with E-state index in [2.05, 4.69) is 25.9 Å². The van der Waals surface area contributed by atoms with Crippen molar-refractivity contribution in [1.29, 1.82) is 0 Å². The fourth-order valence-electron chi connectivity index (χ4n) is 1.02. The lowest BCUT2D eigenvalue weighted by Crippen LogP contribution is -1.95. The first-order valence-corrected chi connectivity index (χ1v) is 5.80. The Labute approximate surface area is 102 Å². The van der Waals surface area contributed by atoms with E-state index in [9.17, 15) is 4.79 Å². The Hall–Kier alpha value is -0.850. The zero-order valence-electron chi connectivity index (χ0n) is 7.12. The second-order valence-corrected chi connectivity index (χ2v) is 5.19. The van der Waals surface area contributed by atoms with Crippen LogP contribution in [0.15, 0.2) is 16.7 Å². The molecule has 2 rings (SSSR count). The molecule has 78 valence electrons. The van der Waals surface area contributed by atoms with E-state index in [1.165, 1.54) is 17.5 Å². The van der Waals surface area contributed by atoms with Crippen LogP contribution in [0.5, 0.6) is 0 Å². The number of hydrogen-bond acceptors (Lipinski definition) is 3. The molecule has 0 amide bonds. The van der Waals surface area contributed by atoms with Gasteiger partial charge in [-0.05, 0) is 22.0 Å². The lowest BCUT2D eigenvalue weighted by atomic mass is 10.4. The molecule has 0 aliphatic carbocycles.